The van der Waals surface area contributed by atoms with Gasteiger partial charge in [0.15, 0.2) is 11.5 Å². The standard InChI is InChI=1S/C14H22N6O/c1-8(2)20-7-16-11-12(15)18-14(19-13(11)20)17-9-5-3-4-6-10(9)21/h7-10,21H,3-6H2,1-2H3,(H3,15,17,18,19). The van der Waals surface area contributed by atoms with Crippen LogP contribution in [0.3, 0.4) is 0 Å². The summed E-state index contributed by atoms with van der Waals surface area (Å²) in [5.74, 6) is 0.834. The van der Waals surface area contributed by atoms with Crippen molar-refractivity contribution in [1.82, 2.24) is 19.5 Å². The van der Waals surface area contributed by atoms with Gasteiger partial charge in [0.2, 0.25) is 5.95 Å². The van der Waals surface area contributed by atoms with E-state index < -0.39 is 0 Å². The number of nitrogens with zero attached hydrogens (tertiary/aromatic N) is 4. The summed E-state index contributed by atoms with van der Waals surface area (Å²) < 4.78 is 1.97. The summed E-state index contributed by atoms with van der Waals surface area (Å²) in [4.78, 5) is 13.1. The number of aliphatic hydroxyl groups is 1. The zero-order chi connectivity index (χ0) is 15.0. The Kier molecular flexibility index (Phi) is 3.67. The summed E-state index contributed by atoms with van der Waals surface area (Å²) in [6.07, 6.45) is 5.30. The van der Waals surface area contributed by atoms with E-state index in [1.807, 2.05) is 4.57 Å². The summed E-state index contributed by atoms with van der Waals surface area (Å²) in [5, 5.41) is 13.3. The van der Waals surface area contributed by atoms with Crippen LogP contribution in [-0.2, 0) is 0 Å². The number of fused-ring (bicyclic) bond motifs is 1. The largest absolute Gasteiger partial charge is 0.391 e. The molecule has 2 heterocycles. The van der Waals surface area contributed by atoms with E-state index in [-0.39, 0.29) is 18.2 Å². The highest BCUT2D eigenvalue weighted by molar-refractivity contribution is 5.83. The second kappa shape index (κ2) is 5.48. The van der Waals surface area contributed by atoms with Gasteiger partial charge >= 0.3 is 0 Å². The molecule has 1 aliphatic carbocycles. The van der Waals surface area contributed by atoms with Gasteiger partial charge < -0.3 is 20.7 Å². The van der Waals surface area contributed by atoms with Gasteiger partial charge in [-0.3, -0.25) is 0 Å². The van der Waals surface area contributed by atoms with Crippen molar-refractivity contribution in [2.45, 2.75) is 57.7 Å². The second-order valence-corrected chi connectivity index (χ2v) is 5.95. The van der Waals surface area contributed by atoms with Crippen LogP contribution < -0.4 is 11.1 Å². The molecule has 2 aromatic heterocycles. The quantitative estimate of drug-likeness (QED) is 0.795. The Morgan fingerprint density at radius 1 is 1.33 bits per heavy atom. The van der Waals surface area contributed by atoms with Crippen LogP contribution in [0, 0.1) is 0 Å². The van der Waals surface area contributed by atoms with Crippen LogP contribution in [0.1, 0.15) is 45.6 Å². The molecule has 1 fully saturated rings. The average molecular weight is 290 g/mol. The van der Waals surface area contributed by atoms with E-state index in [1.165, 1.54) is 0 Å². The van der Waals surface area contributed by atoms with Crippen molar-refractivity contribution < 1.29 is 5.11 Å². The maximum Gasteiger partial charge on any atom is 0.227 e. The molecule has 2 unspecified atom stereocenters. The molecule has 0 spiro atoms. The van der Waals surface area contributed by atoms with Gasteiger partial charge in [0.1, 0.15) is 5.52 Å². The fourth-order valence-corrected chi connectivity index (χ4v) is 2.83. The predicted molar refractivity (Wildman–Crippen MR) is 82.0 cm³/mol. The van der Waals surface area contributed by atoms with Crippen molar-refractivity contribution in [2.75, 3.05) is 11.1 Å². The summed E-state index contributed by atoms with van der Waals surface area (Å²) in [7, 11) is 0. The molecule has 4 N–H and O–H groups in total. The second-order valence-electron chi connectivity index (χ2n) is 5.95. The molecule has 0 saturated heterocycles. The molecule has 0 bridgehead atoms. The Hall–Kier alpha value is -1.89. The van der Waals surface area contributed by atoms with Gasteiger partial charge in [-0.1, -0.05) is 12.8 Å². The number of hydrogen-bond donors (Lipinski definition) is 3. The minimum absolute atomic E-state index is 0.00831. The molecule has 21 heavy (non-hydrogen) atoms. The van der Waals surface area contributed by atoms with Gasteiger partial charge in [0.25, 0.3) is 0 Å². The van der Waals surface area contributed by atoms with Crippen molar-refractivity contribution in [3.8, 4) is 0 Å². The first-order valence-electron chi connectivity index (χ1n) is 7.51. The molecule has 1 saturated carbocycles. The van der Waals surface area contributed by atoms with Gasteiger partial charge in [0, 0.05) is 6.04 Å². The maximum absolute atomic E-state index is 10.0. The highest BCUT2D eigenvalue weighted by atomic mass is 16.3. The number of aliphatic hydroxyl groups excluding tert-OH is 1. The minimum atomic E-state index is -0.353. The van der Waals surface area contributed by atoms with Crippen LogP contribution in [0.5, 0.6) is 0 Å². The fraction of sp³-hybridized carbons (Fsp3) is 0.643. The lowest BCUT2D eigenvalue weighted by molar-refractivity contribution is 0.116. The van der Waals surface area contributed by atoms with E-state index in [0.29, 0.717) is 17.3 Å². The lowest BCUT2D eigenvalue weighted by atomic mass is 9.93. The van der Waals surface area contributed by atoms with Crippen LogP contribution in [0.15, 0.2) is 6.33 Å². The molecular weight excluding hydrogens is 268 g/mol. The first-order chi connectivity index (χ1) is 10.1. The Balaban J connectivity index is 1.93. The summed E-state index contributed by atoms with van der Waals surface area (Å²) in [6.45, 7) is 4.13. The predicted octanol–water partition coefficient (Wildman–Crippen LogP) is 1.70. The molecule has 114 valence electrons. The van der Waals surface area contributed by atoms with Crippen molar-refractivity contribution in [3.63, 3.8) is 0 Å². The molecule has 0 aromatic carbocycles. The summed E-state index contributed by atoms with van der Waals surface area (Å²) in [6, 6.07) is 0.239. The number of aromatic nitrogens is 4. The number of imidazole rings is 1. The molecule has 1 aliphatic rings. The van der Waals surface area contributed by atoms with Gasteiger partial charge in [0.05, 0.1) is 18.5 Å². The monoisotopic (exact) mass is 290 g/mol. The number of nitrogen functional groups attached to an aromatic ring is 1. The average Bonchev–Trinajstić information content (AvgIpc) is 2.86. The van der Waals surface area contributed by atoms with Crippen LogP contribution in [0.4, 0.5) is 11.8 Å². The van der Waals surface area contributed by atoms with Crippen LogP contribution in [0.25, 0.3) is 11.2 Å². The topological polar surface area (TPSA) is 102 Å². The van der Waals surface area contributed by atoms with Gasteiger partial charge in [-0.25, -0.2) is 4.98 Å². The first kappa shape index (κ1) is 14.1. The highest BCUT2D eigenvalue weighted by Crippen LogP contribution is 2.24. The molecule has 7 nitrogen and oxygen atoms in total. The summed E-state index contributed by atoms with van der Waals surface area (Å²) in [5.41, 5.74) is 7.33. The van der Waals surface area contributed by atoms with E-state index >= 15 is 0 Å². The summed E-state index contributed by atoms with van der Waals surface area (Å²) >= 11 is 0. The van der Waals surface area contributed by atoms with Crippen LogP contribution in [0.2, 0.25) is 0 Å². The molecule has 0 amide bonds. The van der Waals surface area contributed by atoms with E-state index in [2.05, 4.69) is 34.1 Å². The third-order valence-electron chi connectivity index (χ3n) is 4.05. The van der Waals surface area contributed by atoms with E-state index in [1.54, 1.807) is 6.33 Å². The van der Waals surface area contributed by atoms with E-state index in [0.717, 1.165) is 31.3 Å². The molecule has 7 heteroatoms. The van der Waals surface area contributed by atoms with Crippen LogP contribution in [-0.4, -0.2) is 36.8 Å². The Bertz CT molecular complexity index is 638. The first-order valence-corrected chi connectivity index (χ1v) is 7.51. The normalized spacial score (nSPS) is 22.9. The Morgan fingerprint density at radius 3 is 2.81 bits per heavy atom. The van der Waals surface area contributed by atoms with Crippen molar-refractivity contribution >= 4 is 22.9 Å². The molecule has 0 radical (unpaired) electrons. The Labute approximate surface area is 123 Å². The third kappa shape index (κ3) is 2.65. The number of rotatable bonds is 3. The van der Waals surface area contributed by atoms with Crippen molar-refractivity contribution in [2.24, 2.45) is 0 Å². The maximum atomic E-state index is 10.0. The van der Waals surface area contributed by atoms with E-state index in [9.17, 15) is 5.11 Å². The van der Waals surface area contributed by atoms with Gasteiger partial charge in [-0.05, 0) is 26.7 Å². The smallest absolute Gasteiger partial charge is 0.227 e. The molecular formula is C14H22N6O. The number of nitrogens with one attached hydrogen (secondary N) is 1. The SMILES string of the molecule is CC(C)n1cnc2c(N)nc(NC3CCCCC3O)nc21. The molecule has 2 atom stereocenters. The minimum Gasteiger partial charge on any atom is -0.391 e. The molecule has 3 rings (SSSR count). The zero-order valence-electron chi connectivity index (χ0n) is 12.5. The fourth-order valence-electron chi connectivity index (χ4n) is 2.83. The van der Waals surface area contributed by atoms with Crippen molar-refractivity contribution in [1.29, 1.82) is 0 Å². The van der Waals surface area contributed by atoms with Crippen molar-refractivity contribution in [3.05, 3.63) is 6.33 Å². The third-order valence-corrected chi connectivity index (χ3v) is 4.05. The molecule has 0 aliphatic heterocycles. The van der Waals surface area contributed by atoms with E-state index in [4.69, 9.17) is 5.73 Å². The lowest BCUT2D eigenvalue weighted by Gasteiger charge is -2.28. The lowest BCUT2D eigenvalue weighted by Crippen LogP contribution is -2.36. The molecule has 2 aromatic rings. The Morgan fingerprint density at radius 2 is 2.10 bits per heavy atom. The van der Waals surface area contributed by atoms with Crippen LogP contribution >= 0.6 is 0 Å². The van der Waals surface area contributed by atoms with Gasteiger partial charge in [-0.2, -0.15) is 9.97 Å². The number of nitrogens with two attached hydrogens (primary N) is 1. The number of hydrogen-bond acceptors (Lipinski definition) is 6. The zero-order valence-corrected chi connectivity index (χ0v) is 12.5. The number of anilines is 2. The van der Waals surface area contributed by atoms with Gasteiger partial charge in [-0.15, -0.1) is 0 Å². The highest BCUT2D eigenvalue weighted by Gasteiger charge is 2.24.